The van der Waals surface area contributed by atoms with Gasteiger partial charge in [0.05, 0.1) is 0 Å². The van der Waals surface area contributed by atoms with Crippen molar-refractivity contribution in [2.24, 2.45) is 5.73 Å². The van der Waals surface area contributed by atoms with Gasteiger partial charge >= 0.3 is 5.97 Å². The lowest BCUT2D eigenvalue weighted by Crippen LogP contribution is -2.32. The minimum Gasteiger partial charge on any atom is -0.480 e. The third-order valence-corrected chi connectivity index (χ3v) is 2.43. The number of fused-ring (bicyclic) bond motifs is 1. The fourth-order valence-corrected chi connectivity index (χ4v) is 1.62. The molecule has 1 aromatic carbocycles. The van der Waals surface area contributed by atoms with Crippen LogP contribution in [0.3, 0.4) is 0 Å². The molecule has 1 aromatic heterocycles. The summed E-state index contributed by atoms with van der Waals surface area (Å²) < 4.78 is 0. The number of carboxylic acid groups (broad SMARTS) is 1. The molecule has 0 radical (unpaired) electrons. The lowest BCUT2D eigenvalue weighted by Gasteiger charge is -2.04. The molecule has 1 heterocycles. The van der Waals surface area contributed by atoms with Crippen molar-refractivity contribution in [3.63, 3.8) is 0 Å². The summed E-state index contributed by atoms with van der Waals surface area (Å²) in [4.78, 5) is 13.7. The van der Waals surface area contributed by atoms with Crippen LogP contribution in [0.1, 0.15) is 5.56 Å². The van der Waals surface area contributed by atoms with Gasteiger partial charge in [0.25, 0.3) is 0 Å². The Labute approximate surface area is 104 Å². The van der Waals surface area contributed by atoms with Gasteiger partial charge in [0, 0.05) is 29.9 Å². The molecule has 0 saturated carbocycles. The maximum atomic E-state index is 10.6. The van der Waals surface area contributed by atoms with Crippen LogP contribution in [0, 0.1) is 0 Å². The van der Waals surface area contributed by atoms with Crippen molar-refractivity contribution in [2.75, 3.05) is 6.38 Å². The Morgan fingerprint density at radius 3 is 2.76 bits per heavy atom. The average molecular weight is 255 g/mol. The summed E-state index contributed by atoms with van der Waals surface area (Å²) in [5.41, 5.74) is 7.43. The number of H-pyrrole nitrogens is 1. The standard InChI is InChI=1S/C11H12N2O2.CH3Cl/c12-9(11(14)15)5-7-6-13-10-4-2-1-3-8(7)10;1-2/h1-4,6,9,13H,5,12H2,(H,14,15);1H3/t9-;/m0./s1. The molecule has 0 aliphatic rings. The first kappa shape index (κ1) is 13.5. The molecule has 2 aromatic rings. The van der Waals surface area contributed by atoms with E-state index in [1.807, 2.05) is 30.5 Å². The number of nitrogens with one attached hydrogen (secondary N) is 1. The molecule has 5 heteroatoms. The summed E-state index contributed by atoms with van der Waals surface area (Å²) in [5.74, 6) is -0.972. The molecular weight excluding hydrogens is 240 g/mol. The number of alkyl halides is 1. The molecule has 0 unspecified atom stereocenters. The SMILES string of the molecule is CCl.N[C@@H](Cc1c[nH]c2ccccc12)C(=O)O. The maximum Gasteiger partial charge on any atom is 0.320 e. The number of benzene rings is 1. The van der Waals surface area contributed by atoms with E-state index in [-0.39, 0.29) is 0 Å². The van der Waals surface area contributed by atoms with Crippen molar-refractivity contribution in [3.8, 4) is 0 Å². The van der Waals surface area contributed by atoms with E-state index < -0.39 is 12.0 Å². The number of hydrogen-bond donors (Lipinski definition) is 3. The van der Waals surface area contributed by atoms with E-state index in [4.69, 9.17) is 10.8 Å². The summed E-state index contributed by atoms with van der Waals surface area (Å²) in [6.45, 7) is 0. The molecule has 4 nitrogen and oxygen atoms in total. The van der Waals surface area contributed by atoms with Gasteiger partial charge in [-0.3, -0.25) is 4.79 Å². The molecule has 0 aliphatic carbocycles. The highest BCUT2D eigenvalue weighted by Crippen LogP contribution is 2.18. The molecule has 1 atom stereocenters. The van der Waals surface area contributed by atoms with Gasteiger partial charge in [0.2, 0.25) is 0 Å². The summed E-state index contributed by atoms with van der Waals surface area (Å²) in [6, 6.07) is 6.91. The second kappa shape index (κ2) is 6.27. The quantitative estimate of drug-likeness (QED) is 0.733. The summed E-state index contributed by atoms with van der Waals surface area (Å²) in [5, 5.41) is 9.75. The topological polar surface area (TPSA) is 79.1 Å². The largest absolute Gasteiger partial charge is 0.480 e. The Kier molecular flexibility index (Phi) is 5.00. The highest BCUT2D eigenvalue weighted by atomic mass is 35.5. The van der Waals surface area contributed by atoms with Gasteiger partial charge in [0.15, 0.2) is 0 Å². The highest BCUT2D eigenvalue weighted by Gasteiger charge is 2.14. The summed E-state index contributed by atoms with van der Waals surface area (Å²) >= 11 is 4.64. The molecule has 0 aliphatic heterocycles. The second-order valence-electron chi connectivity index (χ2n) is 3.51. The molecule has 0 bridgehead atoms. The van der Waals surface area contributed by atoms with Crippen LogP contribution in [0.4, 0.5) is 0 Å². The van der Waals surface area contributed by atoms with Gasteiger partial charge in [0.1, 0.15) is 6.04 Å². The van der Waals surface area contributed by atoms with Crippen LogP contribution < -0.4 is 5.73 Å². The van der Waals surface area contributed by atoms with Crippen LogP contribution >= 0.6 is 11.6 Å². The van der Waals surface area contributed by atoms with E-state index in [0.29, 0.717) is 6.42 Å². The van der Waals surface area contributed by atoms with E-state index >= 15 is 0 Å². The molecule has 0 fully saturated rings. The lowest BCUT2D eigenvalue weighted by atomic mass is 10.1. The first-order valence-corrected chi connectivity index (χ1v) is 5.85. The van der Waals surface area contributed by atoms with Crippen LogP contribution in [0.2, 0.25) is 0 Å². The van der Waals surface area contributed by atoms with E-state index in [1.54, 1.807) is 0 Å². The number of aliphatic carboxylic acids is 1. The van der Waals surface area contributed by atoms with Crippen molar-refractivity contribution in [2.45, 2.75) is 12.5 Å². The Bertz CT molecular complexity index is 496. The Morgan fingerprint density at radius 2 is 2.12 bits per heavy atom. The number of rotatable bonds is 3. The van der Waals surface area contributed by atoms with E-state index in [9.17, 15) is 4.79 Å². The zero-order chi connectivity index (χ0) is 12.8. The number of carbonyl (C=O) groups is 1. The number of nitrogens with two attached hydrogens (primary N) is 1. The lowest BCUT2D eigenvalue weighted by molar-refractivity contribution is -0.138. The molecule has 0 amide bonds. The van der Waals surface area contributed by atoms with Crippen LogP contribution in [-0.2, 0) is 11.2 Å². The zero-order valence-corrected chi connectivity index (χ0v) is 10.2. The number of halogens is 1. The molecule has 4 N–H and O–H groups in total. The molecule has 92 valence electrons. The van der Waals surface area contributed by atoms with Gasteiger partial charge in [-0.1, -0.05) is 18.2 Å². The summed E-state index contributed by atoms with van der Waals surface area (Å²) in [7, 11) is 0. The Morgan fingerprint density at radius 1 is 1.47 bits per heavy atom. The molecule has 2 rings (SSSR count). The van der Waals surface area contributed by atoms with Crippen molar-refractivity contribution in [1.82, 2.24) is 4.98 Å². The van der Waals surface area contributed by atoms with Crippen LogP contribution in [0.5, 0.6) is 0 Å². The number of carboxylic acids is 1. The minimum atomic E-state index is -0.972. The zero-order valence-electron chi connectivity index (χ0n) is 9.48. The van der Waals surface area contributed by atoms with Crippen molar-refractivity contribution < 1.29 is 9.90 Å². The first-order chi connectivity index (χ1) is 8.18. The van der Waals surface area contributed by atoms with E-state index in [2.05, 4.69) is 16.6 Å². The Hall–Kier alpha value is -1.52. The molecular formula is C12H15ClN2O2. The van der Waals surface area contributed by atoms with Crippen LogP contribution in [-0.4, -0.2) is 28.5 Å². The normalized spacial score (nSPS) is 11.7. The smallest absolute Gasteiger partial charge is 0.320 e. The van der Waals surface area contributed by atoms with Crippen LogP contribution in [0.25, 0.3) is 10.9 Å². The maximum absolute atomic E-state index is 10.6. The second-order valence-corrected chi connectivity index (χ2v) is 3.51. The number of aromatic amines is 1. The predicted octanol–water partition coefficient (Wildman–Crippen LogP) is 1.98. The third-order valence-electron chi connectivity index (χ3n) is 2.43. The van der Waals surface area contributed by atoms with Gasteiger partial charge in [-0.05, 0) is 11.6 Å². The van der Waals surface area contributed by atoms with Crippen LogP contribution in [0.15, 0.2) is 30.5 Å². The van der Waals surface area contributed by atoms with Crippen molar-refractivity contribution in [1.29, 1.82) is 0 Å². The third kappa shape index (κ3) is 3.22. The minimum absolute atomic E-state index is 0.347. The van der Waals surface area contributed by atoms with Gasteiger partial charge in [-0.15, -0.1) is 11.6 Å². The fourth-order valence-electron chi connectivity index (χ4n) is 1.62. The van der Waals surface area contributed by atoms with Gasteiger partial charge < -0.3 is 15.8 Å². The first-order valence-electron chi connectivity index (χ1n) is 5.09. The molecule has 0 spiro atoms. The predicted molar refractivity (Wildman–Crippen MR) is 69.4 cm³/mol. The number of aromatic nitrogens is 1. The monoisotopic (exact) mass is 254 g/mol. The van der Waals surface area contributed by atoms with Crippen molar-refractivity contribution >= 4 is 28.5 Å². The van der Waals surface area contributed by atoms with Gasteiger partial charge in [-0.2, -0.15) is 0 Å². The average Bonchev–Trinajstić information content (AvgIpc) is 2.75. The Balaban J connectivity index is 0.000000686. The highest BCUT2D eigenvalue weighted by molar-refractivity contribution is 6.15. The number of para-hydroxylation sites is 1. The fraction of sp³-hybridized carbons (Fsp3) is 0.250. The van der Waals surface area contributed by atoms with E-state index in [0.717, 1.165) is 16.5 Å². The molecule has 0 saturated heterocycles. The molecule has 17 heavy (non-hydrogen) atoms. The number of hydrogen-bond acceptors (Lipinski definition) is 2. The van der Waals surface area contributed by atoms with E-state index in [1.165, 1.54) is 6.38 Å². The summed E-state index contributed by atoms with van der Waals surface area (Å²) in [6.07, 6.45) is 3.63. The van der Waals surface area contributed by atoms with Gasteiger partial charge in [-0.25, -0.2) is 0 Å². The van der Waals surface area contributed by atoms with Crippen molar-refractivity contribution in [3.05, 3.63) is 36.0 Å².